The molecule has 1 rings (SSSR count). The lowest BCUT2D eigenvalue weighted by Gasteiger charge is -2.15. The summed E-state index contributed by atoms with van der Waals surface area (Å²) in [6, 6.07) is 2.42. The van der Waals surface area contributed by atoms with E-state index >= 15 is 0 Å². The molecular formula is C12H18N2O4. The van der Waals surface area contributed by atoms with Crippen LogP contribution in [0.1, 0.15) is 30.8 Å². The number of aliphatic hydroxyl groups excluding tert-OH is 1. The zero-order valence-corrected chi connectivity index (χ0v) is 10.5. The van der Waals surface area contributed by atoms with Crippen molar-refractivity contribution in [1.29, 1.82) is 0 Å². The molecule has 0 aliphatic carbocycles. The molecule has 0 aromatic carbocycles. The van der Waals surface area contributed by atoms with Crippen LogP contribution in [0.4, 0.5) is 0 Å². The molecule has 0 aliphatic heterocycles. The van der Waals surface area contributed by atoms with Crippen molar-refractivity contribution in [1.82, 2.24) is 10.6 Å². The number of furan rings is 1. The highest BCUT2D eigenvalue weighted by Crippen LogP contribution is 2.00. The molecule has 0 bridgehead atoms. The highest BCUT2D eigenvalue weighted by atomic mass is 16.3. The molecule has 6 heteroatoms. The highest BCUT2D eigenvalue weighted by Gasteiger charge is 2.18. The van der Waals surface area contributed by atoms with E-state index in [9.17, 15) is 14.7 Å². The molecule has 3 N–H and O–H groups in total. The molecule has 1 aromatic heterocycles. The van der Waals surface area contributed by atoms with Gasteiger partial charge in [-0.1, -0.05) is 6.92 Å². The number of carbonyl (C=O) groups is 2. The van der Waals surface area contributed by atoms with Crippen LogP contribution in [-0.2, 0) is 4.79 Å². The maximum Gasteiger partial charge on any atom is 0.287 e. The number of carbonyl (C=O) groups excluding carboxylic acids is 2. The second-order valence-corrected chi connectivity index (χ2v) is 3.98. The quantitative estimate of drug-likeness (QED) is 0.680. The number of amides is 2. The summed E-state index contributed by atoms with van der Waals surface area (Å²) in [6.45, 7) is 3.56. The largest absolute Gasteiger partial charge is 0.459 e. The van der Waals surface area contributed by atoms with Gasteiger partial charge < -0.3 is 20.2 Å². The maximum absolute atomic E-state index is 11.6. The Morgan fingerprint density at radius 1 is 1.50 bits per heavy atom. The third-order valence-corrected chi connectivity index (χ3v) is 2.47. The van der Waals surface area contributed by atoms with Crippen molar-refractivity contribution in [3.63, 3.8) is 0 Å². The number of rotatable bonds is 6. The first-order valence-electron chi connectivity index (χ1n) is 5.84. The van der Waals surface area contributed by atoms with Crippen molar-refractivity contribution >= 4 is 11.8 Å². The summed E-state index contributed by atoms with van der Waals surface area (Å²) < 4.78 is 4.91. The average Bonchev–Trinajstić information content (AvgIpc) is 2.89. The van der Waals surface area contributed by atoms with E-state index in [1.54, 1.807) is 13.0 Å². The third-order valence-electron chi connectivity index (χ3n) is 2.47. The van der Waals surface area contributed by atoms with Gasteiger partial charge in [-0.05, 0) is 25.5 Å². The zero-order chi connectivity index (χ0) is 13.5. The smallest absolute Gasteiger partial charge is 0.287 e. The summed E-state index contributed by atoms with van der Waals surface area (Å²) in [5.41, 5.74) is 0. The SMILES string of the molecule is CCC(O)CNC(=O)C(C)NC(=O)c1ccco1. The molecule has 0 spiro atoms. The highest BCUT2D eigenvalue weighted by molar-refractivity contribution is 5.95. The minimum Gasteiger partial charge on any atom is -0.459 e. The number of nitrogens with one attached hydrogen (secondary N) is 2. The van der Waals surface area contributed by atoms with Gasteiger partial charge in [0, 0.05) is 6.54 Å². The Morgan fingerprint density at radius 2 is 2.22 bits per heavy atom. The predicted molar refractivity (Wildman–Crippen MR) is 64.9 cm³/mol. The van der Waals surface area contributed by atoms with Gasteiger partial charge in [-0.15, -0.1) is 0 Å². The van der Waals surface area contributed by atoms with Crippen LogP contribution < -0.4 is 10.6 Å². The standard InChI is InChI=1S/C12H18N2O4/c1-3-9(15)7-13-11(16)8(2)14-12(17)10-5-4-6-18-10/h4-6,8-9,15H,3,7H2,1-2H3,(H,13,16)(H,14,17). The van der Waals surface area contributed by atoms with Crippen molar-refractivity contribution in [2.24, 2.45) is 0 Å². The summed E-state index contributed by atoms with van der Waals surface area (Å²) in [4.78, 5) is 23.2. The molecule has 0 aliphatic rings. The predicted octanol–water partition coefficient (Wildman–Crippen LogP) is 0.285. The van der Waals surface area contributed by atoms with E-state index in [4.69, 9.17) is 4.42 Å². The van der Waals surface area contributed by atoms with E-state index in [-0.39, 0.29) is 18.2 Å². The van der Waals surface area contributed by atoms with Crippen LogP contribution in [-0.4, -0.2) is 35.6 Å². The topological polar surface area (TPSA) is 91.6 Å². The first-order chi connectivity index (χ1) is 8.54. The van der Waals surface area contributed by atoms with Crippen molar-refractivity contribution < 1.29 is 19.1 Å². The summed E-state index contributed by atoms with van der Waals surface area (Å²) >= 11 is 0. The molecule has 18 heavy (non-hydrogen) atoms. The van der Waals surface area contributed by atoms with Crippen LogP contribution in [0.15, 0.2) is 22.8 Å². The van der Waals surface area contributed by atoms with E-state index < -0.39 is 18.1 Å². The fourth-order valence-corrected chi connectivity index (χ4v) is 1.26. The second kappa shape index (κ2) is 6.80. The second-order valence-electron chi connectivity index (χ2n) is 3.98. The van der Waals surface area contributed by atoms with Crippen LogP contribution in [0.2, 0.25) is 0 Å². The Kier molecular flexibility index (Phi) is 5.38. The van der Waals surface area contributed by atoms with Crippen molar-refractivity contribution in [2.75, 3.05) is 6.54 Å². The van der Waals surface area contributed by atoms with Gasteiger partial charge in [-0.2, -0.15) is 0 Å². The van der Waals surface area contributed by atoms with E-state index in [2.05, 4.69) is 10.6 Å². The number of hydrogen-bond acceptors (Lipinski definition) is 4. The molecule has 0 fully saturated rings. The molecule has 0 radical (unpaired) electrons. The van der Waals surface area contributed by atoms with Crippen LogP contribution >= 0.6 is 0 Å². The molecule has 2 amide bonds. The third kappa shape index (κ3) is 4.21. The van der Waals surface area contributed by atoms with Crippen LogP contribution in [0.5, 0.6) is 0 Å². The van der Waals surface area contributed by atoms with Gasteiger partial charge in [0.25, 0.3) is 5.91 Å². The van der Waals surface area contributed by atoms with Crippen molar-refractivity contribution in [3.8, 4) is 0 Å². The Hall–Kier alpha value is -1.82. The number of aliphatic hydroxyl groups is 1. The summed E-state index contributed by atoms with van der Waals surface area (Å²) in [5, 5.41) is 14.4. The fourth-order valence-electron chi connectivity index (χ4n) is 1.26. The van der Waals surface area contributed by atoms with Crippen LogP contribution in [0.3, 0.4) is 0 Å². The average molecular weight is 254 g/mol. The summed E-state index contributed by atoms with van der Waals surface area (Å²) in [6.07, 6.45) is 1.38. The lowest BCUT2D eigenvalue weighted by atomic mass is 10.2. The lowest BCUT2D eigenvalue weighted by Crippen LogP contribution is -2.46. The van der Waals surface area contributed by atoms with Gasteiger partial charge in [0.15, 0.2) is 5.76 Å². The zero-order valence-electron chi connectivity index (χ0n) is 10.5. The molecule has 1 heterocycles. The van der Waals surface area contributed by atoms with Gasteiger partial charge in [0.2, 0.25) is 5.91 Å². The minimum absolute atomic E-state index is 0.156. The summed E-state index contributed by atoms with van der Waals surface area (Å²) in [5.74, 6) is -0.635. The first kappa shape index (κ1) is 14.2. The Morgan fingerprint density at radius 3 is 2.78 bits per heavy atom. The Balaban J connectivity index is 2.38. The molecule has 0 saturated heterocycles. The fraction of sp³-hybridized carbons (Fsp3) is 0.500. The lowest BCUT2D eigenvalue weighted by molar-refractivity contribution is -0.123. The van der Waals surface area contributed by atoms with Crippen LogP contribution in [0.25, 0.3) is 0 Å². The van der Waals surface area contributed by atoms with Gasteiger partial charge in [0.05, 0.1) is 12.4 Å². The monoisotopic (exact) mass is 254 g/mol. The van der Waals surface area contributed by atoms with Gasteiger partial charge in [0.1, 0.15) is 6.04 Å². The summed E-state index contributed by atoms with van der Waals surface area (Å²) in [7, 11) is 0. The van der Waals surface area contributed by atoms with E-state index in [1.807, 2.05) is 6.92 Å². The van der Waals surface area contributed by atoms with Gasteiger partial charge in [-0.3, -0.25) is 9.59 Å². The van der Waals surface area contributed by atoms with E-state index in [0.717, 1.165) is 0 Å². The van der Waals surface area contributed by atoms with Crippen molar-refractivity contribution in [3.05, 3.63) is 24.2 Å². The maximum atomic E-state index is 11.6. The molecule has 6 nitrogen and oxygen atoms in total. The minimum atomic E-state index is -0.688. The molecule has 100 valence electrons. The molecular weight excluding hydrogens is 236 g/mol. The molecule has 1 aromatic rings. The molecule has 0 saturated carbocycles. The first-order valence-corrected chi connectivity index (χ1v) is 5.84. The molecule has 2 unspecified atom stereocenters. The Bertz CT molecular complexity index is 389. The Labute approximate surface area is 105 Å². The van der Waals surface area contributed by atoms with Gasteiger partial charge in [-0.25, -0.2) is 0 Å². The van der Waals surface area contributed by atoms with Gasteiger partial charge >= 0.3 is 0 Å². The number of hydrogen-bond donors (Lipinski definition) is 3. The normalized spacial score (nSPS) is 13.7. The van der Waals surface area contributed by atoms with E-state index in [0.29, 0.717) is 6.42 Å². The van der Waals surface area contributed by atoms with E-state index in [1.165, 1.54) is 12.3 Å². The molecule has 2 atom stereocenters. The van der Waals surface area contributed by atoms with Crippen LogP contribution in [0, 0.1) is 0 Å². The van der Waals surface area contributed by atoms with Crippen molar-refractivity contribution in [2.45, 2.75) is 32.4 Å².